The third-order valence-corrected chi connectivity index (χ3v) is 5.06. The number of benzene rings is 1. The summed E-state index contributed by atoms with van der Waals surface area (Å²) in [4.78, 5) is 28.5. The van der Waals surface area contributed by atoms with Gasteiger partial charge in [-0.15, -0.1) is 0 Å². The number of halogens is 1. The molecule has 2 saturated heterocycles. The quantitative estimate of drug-likeness (QED) is 0.841. The van der Waals surface area contributed by atoms with Gasteiger partial charge in [0, 0.05) is 31.7 Å². The molecule has 2 amide bonds. The van der Waals surface area contributed by atoms with Crippen molar-refractivity contribution in [2.24, 2.45) is 5.41 Å². The molecule has 2 heterocycles. The van der Waals surface area contributed by atoms with Gasteiger partial charge in [-0.3, -0.25) is 9.59 Å². The van der Waals surface area contributed by atoms with Crippen LogP contribution in [0, 0.1) is 11.2 Å². The maximum atomic E-state index is 13.2. The summed E-state index contributed by atoms with van der Waals surface area (Å²) in [7, 11) is 0. The molecule has 0 saturated carbocycles. The Kier molecular flexibility index (Phi) is 3.89. The zero-order valence-electron chi connectivity index (χ0n) is 12.8. The van der Waals surface area contributed by atoms with Gasteiger partial charge < -0.3 is 9.80 Å². The number of likely N-dealkylation sites (tertiary alicyclic amines) is 2. The van der Waals surface area contributed by atoms with Crippen LogP contribution in [0.4, 0.5) is 4.39 Å². The molecule has 0 atom stereocenters. The van der Waals surface area contributed by atoms with Crippen molar-refractivity contribution >= 4 is 11.8 Å². The van der Waals surface area contributed by atoms with Crippen LogP contribution in [-0.2, 0) is 4.79 Å². The molecule has 22 heavy (non-hydrogen) atoms. The molecule has 0 aliphatic carbocycles. The first-order chi connectivity index (χ1) is 10.6. The normalized spacial score (nSPS) is 20.7. The predicted molar refractivity (Wildman–Crippen MR) is 80.8 cm³/mol. The molecule has 4 nitrogen and oxygen atoms in total. The van der Waals surface area contributed by atoms with E-state index in [9.17, 15) is 14.0 Å². The highest BCUT2D eigenvalue weighted by molar-refractivity contribution is 5.94. The molecule has 118 valence electrons. The van der Waals surface area contributed by atoms with Crippen molar-refractivity contribution < 1.29 is 14.0 Å². The Bertz CT molecular complexity index is 594. The summed E-state index contributed by atoms with van der Waals surface area (Å²) in [5.74, 6) is -0.302. The smallest absolute Gasteiger partial charge is 0.253 e. The van der Waals surface area contributed by atoms with E-state index in [-0.39, 0.29) is 17.2 Å². The van der Waals surface area contributed by atoms with Gasteiger partial charge in [0.2, 0.25) is 5.91 Å². The van der Waals surface area contributed by atoms with Crippen LogP contribution in [0.15, 0.2) is 24.3 Å². The Labute approximate surface area is 129 Å². The Hall–Kier alpha value is -1.91. The number of amides is 2. The standard InChI is InChI=1S/C17H21FN2O2/c1-2-19-9-6-17(16(19)22)7-10-20(11-8-17)15(21)13-4-3-5-14(18)12-13/h3-5,12H,2,6-11H2,1H3. The van der Waals surface area contributed by atoms with Crippen LogP contribution in [0.1, 0.15) is 36.5 Å². The van der Waals surface area contributed by atoms with E-state index in [0.717, 1.165) is 19.5 Å². The van der Waals surface area contributed by atoms with Gasteiger partial charge in [0.15, 0.2) is 0 Å². The number of rotatable bonds is 2. The van der Waals surface area contributed by atoms with Crippen LogP contribution in [0.25, 0.3) is 0 Å². The number of hydrogen-bond donors (Lipinski definition) is 0. The first-order valence-corrected chi connectivity index (χ1v) is 7.90. The maximum absolute atomic E-state index is 13.2. The molecule has 1 aromatic rings. The molecule has 0 bridgehead atoms. The van der Waals surface area contributed by atoms with Crippen molar-refractivity contribution in [1.29, 1.82) is 0 Å². The summed E-state index contributed by atoms with van der Waals surface area (Å²) in [6, 6.07) is 5.79. The molecular formula is C17H21FN2O2. The van der Waals surface area contributed by atoms with Crippen LogP contribution in [0.2, 0.25) is 0 Å². The van der Waals surface area contributed by atoms with Crippen molar-refractivity contribution in [3.05, 3.63) is 35.6 Å². The fourth-order valence-corrected chi connectivity index (χ4v) is 3.60. The zero-order chi connectivity index (χ0) is 15.7. The van der Waals surface area contributed by atoms with Gasteiger partial charge in [0.05, 0.1) is 5.41 Å². The number of piperidine rings is 1. The lowest BCUT2D eigenvalue weighted by atomic mass is 9.77. The van der Waals surface area contributed by atoms with Crippen LogP contribution in [-0.4, -0.2) is 47.8 Å². The van der Waals surface area contributed by atoms with E-state index in [0.29, 0.717) is 31.5 Å². The highest BCUT2D eigenvalue weighted by Crippen LogP contribution is 2.41. The highest BCUT2D eigenvalue weighted by Gasteiger charge is 2.48. The van der Waals surface area contributed by atoms with E-state index >= 15 is 0 Å². The molecule has 0 radical (unpaired) electrons. The van der Waals surface area contributed by atoms with Gasteiger partial charge in [-0.25, -0.2) is 4.39 Å². The lowest BCUT2D eigenvalue weighted by molar-refractivity contribution is -0.137. The van der Waals surface area contributed by atoms with Gasteiger partial charge >= 0.3 is 0 Å². The lowest BCUT2D eigenvalue weighted by Crippen LogP contribution is -2.46. The summed E-state index contributed by atoms with van der Waals surface area (Å²) in [5, 5.41) is 0. The summed E-state index contributed by atoms with van der Waals surface area (Å²) in [6.45, 7) is 4.72. The topological polar surface area (TPSA) is 40.6 Å². The average molecular weight is 304 g/mol. The fourth-order valence-electron chi connectivity index (χ4n) is 3.60. The zero-order valence-corrected chi connectivity index (χ0v) is 12.8. The molecule has 3 rings (SSSR count). The van der Waals surface area contributed by atoms with Crippen LogP contribution in [0.3, 0.4) is 0 Å². The second kappa shape index (κ2) is 5.71. The summed E-state index contributed by atoms with van der Waals surface area (Å²) < 4.78 is 13.2. The van der Waals surface area contributed by atoms with Crippen molar-refractivity contribution in [1.82, 2.24) is 9.80 Å². The molecule has 2 fully saturated rings. The minimum absolute atomic E-state index is 0.146. The largest absolute Gasteiger partial charge is 0.342 e. The van der Waals surface area contributed by atoms with E-state index < -0.39 is 5.82 Å². The van der Waals surface area contributed by atoms with Crippen LogP contribution < -0.4 is 0 Å². The average Bonchev–Trinajstić information content (AvgIpc) is 2.84. The lowest BCUT2D eigenvalue weighted by Gasteiger charge is -2.38. The second-order valence-corrected chi connectivity index (χ2v) is 6.22. The Morgan fingerprint density at radius 2 is 1.91 bits per heavy atom. The van der Waals surface area contributed by atoms with Gasteiger partial charge in [-0.1, -0.05) is 6.07 Å². The molecule has 5 heteroatoms. The van der Waals surface area contributed by atoms with Crippen molar-refractivity contribution in [2.75, 3.05) is 26.2 Å². The molecular weight excluding hydrogens is 283 g/mol. The summed E-state index contributed by atoms with van der Waals surface area (Å²) >= 11 is 0. The molecule has 1 aromatic carbocycles. The molecule has 1 spiro atoms. The number of carbonyl (C=O) groups excluding carboxylic acids is 2. The van der Waals surface area contributed by atoms with Crippen LogP contribution >= 0.6 is 0 Å². The summed E-state index contributed by atoms with van der Waals surface area (Å²) in [5.41, 5.74) is 0.109. The highest BCUT2D eigenvalue weighted by atomic mass is 19.1. The Morgan fingerprint density at radius 3 is 2.50 bits per heavy atom. The molecule has 0 aromatic heterocycles. The fraction of sp³-hybridized carbons (Fsp3) is 0.529. The minimum Gasteiger partial charge on any atom is -0.342 e. The van der Waals surface area contributed by atoms with Crippen molar-refractivity contribution in [2.45, 2.75) is 26.2 Å². The van der Waals surface area contributed by atoms with Gasteiger partial charge in [0.1, 0.15) is 5.82 Å². The first-order valence-electron chi connectivity index (χ1n) is 7.90. The van der Waals surface area contributed by atoms with Crippen LogP contribution in [0.5, 0.6) is 0 Å². The van der Waals surface area contributed by atoms with Gasteiger partial charge in [-0.2, -0.15) is 0 Å². The molecule has 0 N–H and O–H groups in total. The Balaban J connectivity index is 1.67. The Morgan fingerprint density at radius 1 is 1.23 bits per heavy atom. The maximum Gasteiger partial charge on any atom is 0.253 e. The van der Waals surface area contributed by atoms with Crippen molar-refractivity contribution in [3.63, 3.8) is 0 Å². The van der Waals surface area contributed by atoms with E-state index in [2.05, 4.69) is 0 Å². The minimum atomic E-state index is -0.399. The number of carbonyl (C=O) groups is 2. The van der Waals surface area contributed by atoms with Gasteiger partial charge in [-0.05, 0) is 44.4 Å². The summed E-state index contributed by atoms with van der Waals surface area (Å²) in [6.07, 6.45) is 2.31. The van der Waals surface area contributed by atoms with E-state index in [1.165, 1.54) is 12.1 Å². The molecule has 2 aliphatic rings. The van der Waals surface area contributed by atoms with Crippen molar-refractivity contribution in [3.8, 4) is 0 Å². The van der Waals surface area contributed by atoms with E-state index in [1.807, 2.05) is 11.8 Å². The monoisotopic (exact) mass is 304 g/mol. The van der Waals surface area contributed by atoms with Gasteiger partial charge in [0.25, 0.3) is 5.91 Å². The number of hydrogen-bond acceptors (Lipinski definition) is 2. The molecule has 0 unspecified atom stereocenters. The second-order valence-electron chi connectivity index (χ2n) is 6.22. The third-order valence-electron chi connectivity index (χ3n) is 5.06. The first kappa shape index (κ1) is 15.0. The predicted octanol–water partition coefficient (Wildman–Crippen LogP) is 2.30. The van der Waals surface area contributed by atoms with E-state index in [4.69, 9.17) is 0 Å². The third kappa shape index (κ3) is 2.49. The SMILES string of the molecule is CCN1CCC2(CCN(C(=O)c3cccc(F)c3)CC2)C1=O. The molecule has 2 aliphatic heterocycles. The number of nitrogens with zero attached hydrogens (tertiary/aromatic N) is 2. The van der Waals surface area contributed by atoms with E-state index in [1.54, 1.807) is 17.0 Å².